The fourth-order valence-electron chi connectivity index (χ4n) is 3.03. The van der Waals surface area contributed by atoms with Crippen molar-refractivity contribution in [3.05, 3.63) is 71.9 Å². The predicted molar refractivity (Wildman–Crippen MR) is 106 cm³/mol. The van der Waals surface area contributed by atoms with E-state index < -0.39 is 0 Å². The molecule has 132 valence electrons. The van der Waals surface area contributed by atoms with Crippen molar-refractivity contribution in [3.63, 3.8) is 0 Å². The molecule has 2 aromatic carbocycles. The van der Waals surface area contributed by atoms with Gasteiger partial charge in [-0.2, -0.15) is 0 Å². The lowest BCUT2D eigenvalue weighted by Gasteiger charge is -2.10. The summed E-state index contributed by atoms with van der Waals surface area (Å²) in [6.45, 7) is 2.12. The zero-order chi connectivity index (χ0) is 18.8. The fraction of sp³-hybridized carbons (Fsp3) is 0.0909. The van der Waals surface area contributed by atoms with Crippen molar-refractivity contribution in [2.24, 2.45) is 0 Å². The Morgan fingerprint density at radius 2 is 2.04 bits per heavy atom. The van der Waals surface area contributed by atoms with Crippen molar-refractivity contribution in [3.8, 4) is 12.3 Å². The van der Waals surface area contributed by atoms with Gasteiger partial charge in [-0.25, -0.2) is 9.78 Å². The molecule has 2 heterocycles. The van der Waals surface area contributed by atoms with E-state index in [-0.39, 0.29) is 5.97 Å². The number of benzene rings is 2. The molecular weight excluding hydrogens is 338 g/mol. The molecule has 5 heteroatoms. The van der Waals surface area contributed by atoms with Crippen molar-refractivity contribution < 1.29 is 9.53 Å². The summed E-state index contributed by atoms with van der Waals surface area (Å²) in [5.74, 6) is 2.91. The molecule has 0 bridgehead atoms. The predicted octanol–water partition coefficient (Wildman–Crippen LogP) is 4.39. The van der Waals surface area contributed by atoms with Crippen LogP contribution in [-0.4, -0.2) is 22.0 Å². The highest BCUT2D eigenvalue weighted by Crippen LogP contribution is 2.27. The summed E-state index contributed by atoms with van der Waals surface area (Å²) in [4.78, 5) is 16.9. The number of hydrogen-bond acceptors (Lipinski definition) is 4. The highest BCUT2D eigenvalue weighted by Gasteiger charge is 2.15. The van der Waals surface area contributed by atoms with E-state index in [0.29, 0.717) is 18.0 Å². The number of terminal acetylenes is 1. The lowest BCUT2D eigenvalue weighted by Crippen LogP contribution is -2.02. The minimum Gasteiger partial charge on any atom is -0.462 e. The first-order chi connectivity index (χ1) is 13.2. The van der Waals surface area contributed by atoms with E-state index in [0.717, 1.165) is 27.8 Å². The molecule has 0 unspecified atom stereocenters. The quantitative estimate of drug-likeness (QED) is 0.436. The zero-order valence-electron chi connectivity index (χ0n) is 14.8. The number of nitrogens with one attached hydrogen (secondary N) is 1. The minimum atomic E-state index is -0.356. The number of anilines is 2. The number of para-hydroxylation sites is 2. The number of esters is 1. The third kappa shape index (κ3) is 3.09. The van der Waals surface area contributed by atoms with Gasteiger partial charge in [0.05, 0.1) is 28.7 Å². The summed E-state index contributed by atoms with van der Waals surface area (Å²) in [7, 11) is 0. The standard InChI is InChI=1S/C22H17N3O2/c1-3-15-8-7-9-17(12-15)23-21-20-13-16(22(26)27-4-2)14-25(20)19-11-6-5-10-18(19)24-21/h1,5-14H,4H2,2H3,(H,23,24). The summed E-state index contributed by atoms with van der Waals surface area (Å²) in [6, 6.07) is 17.1. The maximum atomic E-state index is 12.2. The Hall–Kier alpha value is -3.78. The summed E-state index contributed by atoms with van der Waals surface area (Å²) < 4.78 is 7.09. The molecule has 0 aliphatic rings. The van der Waals surface area contributed by atoms with Crippen molar-refractivity contribution in [2.75, 3.05) is 11.9 Å². The molecule has 0 saturated carbocycles. The molecule has 27 heavy (non-hydrogen) atoms. The van der Waals surface area contributed by atoms with Gasteiger partial charge in [-0.3, -0.25) is 0 Å². The minimum absolute atomic E-state index is 0.327. The van der Waals surface area contributed by atoms with Gasteiger partial charge in [-0.15, -0.1) is 6.42 Å². The van der Waals surface area contributed by atoms with Gasteiger partial charge in [0.2, 0.25) is 0 Å². The molecule has 0 fully saturated rings. The molecule has 0 spiro atoms. The molecule has 4 rings (SSSR count). The third-order valence-corrected chi connectivity index (χ3v) is 4.24. The summed E-state index contributed by atoms with van der Waals surface area (Å²) >= 11 is 0. The zero-order valence-corrected chi connectivity index (χ0v) is 14.8. The second kappa shape index (κ2) is 6.85. The van der Waals surface area contributed by atoms with Gasteiger partial charge in [0.15, 0.2) is 5.82 Å². The van der Waals surface area contributed by atoms with E-state index in [1.165, 1.54) is 0 Å². The van der Waals surface area contributed by atoms with Crippen LogP contribution >= 0.6 is 0 Å². The largest absolute Gasteiger partial charge is 0.462 e. The van der Waals surface area contributed by atoms with Gasteiger partial charge in [0.25, 0.3) is 0 Å². The average molecular weight is 355 g/mol. The normalized spacial score (nSPS) is 10.7. The van der Waals surface area contributed by atoms with Gasteiger partial charge in [-0.1, -0.05) is 24.1 Å². The maximum absolute atomic E-state index is 12.2. The number of carbonyl (C=O) groups is 1. The Labute approximate surface area is 156 Å². The first-order valence-electron chi connectivity index (χ1n) is 8.61. The monoisotopic (exact) mass is 355 g/mol. The molecule has 0 radical (unpaired) electrons. The van der Waals surface area contributed by atoms with Crippen LogP contribution in [0.2, 0.25) is 0 Å². The van der Waals surface area contributed by atoms with Gasteiger partial charge in [0, 0.05) is 17.4 Å². The molecule has 2 aromatic heterocycles. The number of rotatable bonds is 4. The van der Waals surface area contributed by atoms with Gasteiger partial charge >= 0.3 is 5.97 Å². The number of ether oxygens (including phenoxy) is 1. The van der Waals surface area contributed by atoms with Gasteiger partial charge in [0.1, 0.15) is 0 Å². The van der Waals surface area contributed by atoms with Crippen molar-refractivity contribution >= 4 is 34.0 Å². The first-order valence-corrected chi connectivity index (χ1v) is 8.61. The SMILES string of the molecule is C#Cc1cccc(Nc2nc3ccccc3n3cc(C(=O)OCC)cc23)c1. The van der Waals surface area contributed by atoms with Crippen LogP contribution in [0.25, 0.3) is 16.6 Å². The number of aromatic nitrogens is 2. The Morgan fingerprint density at radius 3 is 2.85 bits per heavy atom. The molecule has 1 N–H and O–H groups in total. The lowest BCUT2D eigenvalue weighted by molar-refractivity contribution is 0.0526. The average Bonchev–Trinajstić information content (AvgIpc) is 3.15. The number of hydrogen-bond donors (Lipinski definition) is 1. The Kier molecular flexibility index (Phi) is 4.23. The van der Waals surface area contributed by atoms with E-state index >= 15 is 0 Å². The third-order valence-electron chi connectivity index (χ3n) is 4.24. The molecule has 0 atom stereocenters. The number of nitrogens with zero attached hydrogens (tertiary/aromatic N) is 2. The molecule has 0 aliphatic carbocycles. The molecule has 5 nitrogen and oxygen atoms in total. The van der Waals surface area contributed by atoms with E-state index in [1.54, 1.807) is 19.2 Å². The Bertz CT molecular complexity index is 1200. The summed E-state index contributed by atoms with van der Waals surface area (Å²) in [5, 5.41) is 3.32. The first kappa shape index (κ1) is 16.7. The van der Waals surface area contributed by atoms with Crippen LogP contribution in [0, 0.1) is 12.3 Å². The van der Waals surface area contributed by atoms with Gasteiger partial charge < -0.3 is 14.5 Å². The topological polar surface area (TPSA) is 55.6 Å². The van der Waals surface area contributed by atoms with Crippen LogP contribution in [0.5, 0.6) is 0 Å². The van der Waals surface area contributed by atoms with Crippen LogP contribution in [0.1, 0.15) is 22.8 Å². The van der Waals surface area contributed by atoms with Crippen LogP contribution in [0.3, 0.4) is 0 Å². The van der Waals surface area contributed by atoms with Gasteiger partial charge in [-0.05, 0) is 43.3 Å². The fourth-order valence-corrected chi connectivity index (χ4v) is 3.03. The molecular formula is C22H17N3O2. The maximum Gasteiger partial charge on any atom is 0.339 e. The van der Waals surface area contributed by atoms with Crippen molar-refractivity contribution in [2.45, 2.75) is 6.92 Å². The van der Waals surface area contributed by atoms with E-state index in [4.69, 9.17) is 16.1 Å². The summed E-state index contributed by atoms with van der Waals surface area (Å²) in [5.41, 5.74) is 4.59. The molecule has 4 aromatic rings. The molecule has 0 saturated heterocycles. The van der Waals surface area contributed by atoms with Crippen LogP contribution in [-0.2, 0) is 4.74 Å². The molecule has 0 aliphatic heterocycles. The number of fused-ring (bicyclic) bond motifs is 3. The number of carbonyl (C=O) groups excluding carboxylic acids is 1. The van der Waals surface area contributed by atoms with Crippen molar-refractivity contribution in [1.82, 2.24) is 9.38 Å². The van der Waals surface area contributed by atoms with Crippen LogP contribution in [0.15, 0.2) is 60.8 Å². The Balaban J connectivity index is 1.89. The second-order valence-electron chi connectivity index (χ2n) is 6.00. The van der Waals surface area contributed by atoms with E-state index in [1.807, 2.05) is 52.9 Å². The van der Waals surface area contributed by atoms with E-state index in [2.05, 4.69) is 11.2 Å². The van der Waals surface area contributed by atoms with Crippen LogP contribution in [0.4, 0.5) is 11.5 Å². The van der Waals surface area contributed by atoms with Crippen LogP contribution < -0.4 is 5.32 Å². The molecule has 0 amide bonds. The Morgan fingerprint density at radius 1 is 1.19 bits per heavy atom. The highest BCUT2D eigenvalue weighted by atomic mass is 16.5. The van der Waals surface area contributed by atoms with Crippen molar-refractivity contribution in [1.29, 1.82) is 0 Å². The van der Waals surface area contributed by atoms with E-state index in [9.17, 15) is 4.79 Å². The second-order valence-corrected chi connectivity index (χ2v) is 6.00. The summed E-state index contributed by atoms with van der Waals surface area (Å²) in [6.07, 6.45) is 7.27. The lowest BCUT2D eigenvalue weighted by atomic mass is 10.2. The smallest absolute Gasteiger partial charge is 0.339 e. The highest BCUT2D eigenvalue weighted by molar-refractivity contribution is 5.95.